The third kappa shape index (κ3) is 8.39. The molecule has 0 radical (unpaired) electrons. The van der Waals surface area contributed by atoms with Crippen LogP contribution in [0, 0.1) is 6.92 Å². The first-order chi connectivity index (χ1) is 16.8. The molecule has 0 aliphatic heterocycles. The van der Waals surface area contributed by atoms with Gasteiger partial charge in [-0.2, -0.15) is 0 Å². The van der Waals surface area contributed by atoms with E-state index in [-0.39, 0.29) is 43.8 Å². The largest absolute Gasteiger partial charge is 0.352 e. The molecule has 0 aliphatic carbocycles. The van der Waals surface area contributed by atoms with Crippen molar-refractivity contribution in [1.29, 1.82) is 0 Å². The second-order valence-corrected chi connectivity index (χ2v) is 11.7. The Kier molecular flexibility index (Phi) is 11.1. The molecule has 1 N–H and O–H groups in total. The van der Waals surface area contributed by atoms with Gasteiger partial charge in [-0.15, -0.1) is 0 Å². The van der Waals surface area contributed by atoms with Crippen LogP contribution in [0.25, 0.3) is 0 Å². The van der Waals surface area contributed by atoms with Crippen molar-refractivity contribution in [3.05, 3.63) is 63.6 Å². The van der Waals surface area contributed by atoms with Gasteiger partial charge in [0.2, 0.25) is 21.8 Å². The van der Waals surface area contributed by atoms with Crippen LogP contribution in [0.2, 0.25) is 10.0 Å². The highest BCUT2D eigenvalue weighted by Crippen LogP contribution is 2.27. The van der Waals surface area contributed by atoms with Crippen molar-refractivity contribution < 1.29 is 18.0 Å². The SMILES string of the molecule is CCC(C)NC(=O)C(C)N(Cc1c(Cl)cccc1Cl)C(=O)CCCN(c1ccc(C)cc1)S(C)(=O)=O. The molecule has 198 valence electrons. The van der Waals surface area contributed by atoms with Crippen LogP contribution in [0.5, 0.6) is 0 Å². The summed E-state index contributed by atoms with van der Waals surface area (Å²) in [5, 5.41) is 3.71. The normalized spacial score (nSPS) is 13.1. The lowest BCUT2D eigenvalue weighted by atomic mass is 10.1. The van der Waals surface area contributed by atoms with Gasteiger partial charge < -0.3 is 10.2 Å². The van der Waals surface area contributed by atoms with Gasteiger partial charge in [0.25, 0.3) is 0 Å². The second kappa shape index (κ2) is 13.3. The quantitative estimate of drug-likeness (QED) is 0.391. The molecular formula is C26H35Cl2N3O4S. The van der Waals surface area contributed by atoms with E-state index in [1.165, 1.54) is 9.21 Å². The van der Waals surface area contributed by atoms with Gasteiger partial charge in [-0.25, -0.2) is 8.42 Å². The maximum Gasteiger partial charge on any atom is 0.242 e. The highest BCUT2D eigenvalue weighted by molar-refractivity contribution is 7.92. The van der Waals surface area contributed by atoms with E-state index in [0.29, 0.717) is 21.3 Å². The number of benzene rings is 2. The van der Waals surface area contributed by atoms with Crippen LogP contribution >= 0.6 is 23.2 Å². The van der Waals surface area contributed by atoms with Crippen LogP contribution in [0.1, 0.15) is 51.2 Å². The summed E-state index contributed by atoms with van der Waals surface area (Å²) in [5.74, 6) is -0.576. The summed E-state index contributed by atoms with van der Waals surface area (Å²) in [6.45, 7) is 7.62. The van der Waals surface area contributed by atoms with E-state index >= 15 is 0 Å². The van der Waals surface area contributed by atoms with Crippen molar-refractivity contribution in [2.24, 2.45) is 0 Å². The molecule has 2 aromatic carbocycles. The van der Waals surface area contributed by atoms with Crippen LogP contribution in [-0.2, 0) is 26.2 Å². The first-order valence-corrected chi connectivity index (χ1v) is 14.5. The molecule has 0 heterocycles. The highest BCUT2D eigenvalue weighted by atomic mass is 35.5. The zero-order valence-corrected chi connectivity index (χ0v) is 23.8. The predicted octanol–water partition coefficient (Wildman–Crippen LogP) is 5.18. The number of hydrogen-bond donors (Lipinski definition) is 1. The van der Waals surface area contributed by atoms with Gasteiger partial charge >= 0.3 is 0 Å². The number of hydrogen-bond acceptors (Lipinski definition) is 4. The summed E-state index contributed by atoms with van der Waals surface area (Å²) >= 11 is 12.7. The van der Waals surface area contributed by atoms with E-state index in [4.69, 9.17) is 23.2 Å². The van der Waals surface area contributed by atoms with E-state index in [9.17, 15) is 18.0 Å². The zero-order chi connectivity index (χ0) is 27.0. The fourth-order valence-corrected chi connectivity index (χ4v) is 5.10. The van der Waals surface area contributed by atoms with Crippen LogP contribution < -0.4 is 9.62 Å². The first-order valence-electron chi connectivity index (χ1n) is 11.9. The highest BCUT2D eigenvalue weighted by Gasteiger charge is 2.28. The van der Waals surface area contributed by atoms with Gasteiger partial charge in [0.15, 0.2) is 0 Å². The number of nitrogens with one attached hydrogen (secondary N) is 1. The molecule has 2 rings (SSSR count). The van der Waals surface area contributed by atoms with Gasteiger partial charge in [-0.05, 0) is 57.9 Å². The minimum atomic E-state index is -3.55. The lowest BCUT2D eigenvalue weighted by Crippen LogP contribution is -2.49. The Morgan fingerprint density at radius 2 is 1.61 bits per heavy atom. The number of nitrogens with zero attached hydrogens (tertiary/aromatic N) is 2. The number of aryl methyl sites for hydroxylation is 1. The third-order valence-corrected chi connectivity index (χ3v) is 7.93. The van der Waals surface area contributed by atoms with Crippen LogP contribution in [0.3, 0.4) is 0 Å². The van der Waals surface area contributed by atoms with Gasteiger partial charge in [0.1, 0.15) is 6.04 Å². The van der Waals surface area contributed by atoms with E-state index in [1.54, 1.807) is 37.3 Å². The summed E-state index contributed by atoms with van der Waals surface area (Å²) < 4.78 is 26.1. The molecule has 10 heteroatoms. The summed E-state index contributed by atoms with van der Waals surface area (Å²) in [6, 6.07) is 11.4. The fourth-order valence-electron chi connectivity index (χ4n) is 3.62. The lowest BCUT2D eigenvalue weighted by molar-refractivity contribution is -0.140. The Morgan fingerprint density at radius 1 is 1.03 bits per heavy atom. The Morgan fingerprint density at radius 3 is 2.14 bits per heavy atom. The molecule has 2 unspecified atom stereocenters. The Balaban J connectivity index is 2.22. The van der Waals surface area contributed by atoms with E-state index in [2.05, 4.69) is 5.32 Å². The van der Waals surface area contributed by atoms with Gasteiger partial charge in [0, 0.05) is 41.2 Å². The zero-order valence-electron chi connectivity index (χ0n) is 21.4. The van der Waals surface area contributed by atoms with Gasteiger partial charge in [-0.3, -0.25) is 13.9 Å². The van der Waals surface area contributed by atoms with Crippen molar-refractivity contribution >= 4 is 50.7 Å². The molecule has 0 spiro atoms. The molecule has 2 aromatic rings. The van der Waals surface area contributed by atoms with Gasteiger partial charge in [-0.1, -0.05) is 53.9 Å². The van der Waals surface area contributed by atoms with Crippen LogP contribution in [-0.4, -0.2) is 50.0 Å². The fraction of sp³-hybridized carbons (Fsp3) is 0.462. The minimum Gasteiger partial charge on any atom is -0.352 e. The number of halogens is 2. The summed E-state index contributed by atoms with van der Waals surface area (Å²) in [5.41, 5.74) is 2.10. The van der Waals surface area contributed by atoms with Crippen LogP contribution in [0.15, 0.2) is 42.5 Å². The van der Waals surface area contributed by atoms with Crippen LogP contribution in [0.4, 0.5) is 5.69 Å². The van der Waals surface area contributed by atoms with Crippen molar-refractivity contribution in [3.8, 4) is 0 Å². The number of rotatable bonds is 12. The minimum absolute atomic E-state index is 0.0426. The molecule has 0 aromatic heterocycles. The van der Waals surface area contributed by atoms with E-state index in [0.717, 1.165) is 18.2 Å². The monoisotopic (exact) mass is 555 g/mol. The molecule has 0 saturated carbocycles. The number of amides is 2. The molecular weight excluding hydrogens is 521 g/mol. The predicted molar refractivity (Wildman–Crippen MR) is 147 cm³/mol. The molecule has 0 aliphatic rings. The molecule has 0 saturated heterocycles. The second-order valence-electron chi connectivity index (χ2n) is 8.99. The van der Waals surface area contributed by atoms with Crippen molar-refractivity contribution in [1.82, 2.24) is 10.2 Å². The van der Waals surface area contributed by atoms with E-state index in [1.807, 2.05) is 32.9 Å². The molecule has 36 heavy (non-hydrogen) atoms. The first kappa shape index (κ1) is 29.9. The Hall–Kier alpha value is -2.29. The summed E-state index contributed by atoms with van der Waals surface area (Å²) in [7, 11) is -3.55. The number of carbonyl (C=O) groups excluding carboxylic acids is 2. The average Bonchev–Trinajstić information content (AvgIpc) is 2.81. The average molecular weight is 557 g/mol. The molecule has 2 amide bonds. The lowest BCUT2D eigenvalue weighted by Gasteiger charge is -2.30. The Labute approximate surface area is 224 Å². The smallest absolute Gasteiger partial charge is 0.242 e. The molecule has 0 fully saturated rings. The maximum absolute atomic E-state index is 13.4. The standard InChI is InChI=1S/C26H35Cl2N3O4S/c1-6-19(3)29-26(33)20(4)30(17-22-23(27)9-7-10-24(22)28)25(32)11-8-16-31(36(5,34)35)21-14-12-18(2)13-15-21/h7,9-10,12-15,19-20H,6,8,11,16-17H2,1-5H3,(H,29,33). The van der Waals surface area contributed by atoms with Crippen molar-refractivity contribution in [3.63, 3.8) is 0 Å². The molecule has 7 nitrogen and oxygen atoms in total. The van der Waals surface area contributed by atoms with Crippen molar-refractivity contribution in [2.75, 3.05) is 17.1 Å². The topological polar surface area (TPSA) is 86.8 Å². The van der Waals surface area contributed by atoms with Crippen molar-refractivity contribution in [2.45, 2.75) is 65.6 Å². The number of carbonyl (C=O) groups is 2. The van der Waals surface area contributed by atoms with Gasteiger partial charge in [0.05, 0.1) is 11.9 Å². The van der Waals surface area contributed by atoms with E-state index < -0.39 is 16.1 Å². The third-order valence-electron chi connectivity index (χ3n) is 6.03. The number of sulfonamides is 1. The summed E-state index contributed by atoms with van der Waals surface area (Å²) in [4.78, 5) is 27.7. The molecule has 0 bridgehead atoms. The number of anilines is 1. The summed E-state index contributed by atoms with van der Waals surface area (Å²) in [6.07, 6.45) is 2.21. The Bertz CT molecular complexity index is 1140. The molecule has 2 atom stereocenters. The maximum atomic E-state index is 13.4.